The predicted molar refractivity (Wildman–Crippen MR) is 146 cm³/mol. The number of nitrogens with zero attached hydrogens (tertiary/aromatic N) is 1. The Bertz CT molecular complexity index is 1230. The van der Waals surface area contributed by atoms with E-state index in [9.17, 15) is 13.2 Å². The fourth-order valence-corrected chi connectivity index (χ4v) is 7.38. The topological polar surface area (TPSA) is 80.2 Å². The molecule has 0 atom stereocenters. The summed E-state index contributed by atoms with van der Waals surface area (Å²) in [6.07, 6.45) is 9.35. The lowest BCUT2D eigenvalue weighted by molar-refractivity contribution is 0.0916. The summed E-state index contributed by atoms with van der Waals surface area (Å²) in [7, 11) is -3.73. The van der Waals surface area contributed by atoms with Gasteiger partial charge in [0.1, 0.15) is 0 Å². The van der Waals surface area contributed by atoms with Gasteiger partial charge in [-0.3, -0.25) is 4.79 Å². The number of aromatic nitrogens is 1. The number of hydrogen-bond donors (Lipinski definition) is 2. The molecule has 2 saturated carbocycles. The monoisotopic (exact) mass is 533 g/mol. The minimum Gasteiger partial charge on any atom is -0.349 e. The van der Waals surface area contributed by atoms with E-state index in [1.165, 1.54) is 32.1 Å². The van der Waals surface area contributed by atoms with Crippen molar-refractivity contribution < 1.29 is 13.2 Å². The Hall–Kier alpha value is -1.83. The van der Waals surface area contributed by atoms with E-state index in [2.05, 4.69) is 14.6 Å². The van der Waals surface area contributed by atoms with Crippen molar-refractivity contribution in [2.24, 2.45) is 5.92 Å². The average molecular weight is 534 g/mol. The van der Waals surface area contributed by atoms with Crippen LogP contribution in [0.1, 0.15) is 93.8 Å². The van der Waals surface area contributed by atoms with Crippen molar-refractivity contribution in [2.45, 2.75) is 109 Å². The third kappa shape index (κ3) is 5.84. The molecule has 2 fully saturated rings. The second-order valence-corrected chi connectivity index (χ2v) is 13.7. The number of hydrogen-bond acceptors (Lipinski definition) is 3. The molecule has 0 aliphatic heterocycles. The molecule has 1 heterocycles. The van der Waals surface area contributed by atoms with Gasteiger partial charge in [-0.25, -0.2) is 13.1 Å². The number of carbonyl (C=O) groups is 1. The van der Waals surface area contributed by atoms with Gasteiger partial charge >= 0.3 is 0 Å². The second kappa shape index (κ2) is 10.5. The molecule has 2 aliphatic rings. The van der Waals surface area contributed by atoms with Crippen LogP contribution in [0.2, 0.25) is 5.02 Å². The minimum atomic E-state index is -3.73. The number of halogens is 1. The highest BCUT2D eigenvalue weighted by molar-refractivity contribution is 7.89. The van der Waals surface area contributed by atoms with Crippen molar-refractivity contribution in [1.29, 1.82) is 0 Å². The summed E-state index contributed by atoms with van der Waals surface area (Å²) in [4.78, 5) is 13.4. The molecule has 2 aliphatic carbocycles. The van der Waals surface area contributed by atoms with Gasteiger partial charge in [0.05, 0.1) is 21.2 Å². The molecule has 0 bridgehead atoms. The largest absolute Gasteiger partial charge is 0.349 e. The molecule has 2 N–H and O–H groups in total. The van der Waals surface area contributed by atoms with Crippen LogP contribution in [-0.2, 0) is 16.6 Å². The van der Waals surface area contributed by atoms with E-state index in [-0.39, 0.29) is 16.8 Å². The first-order valence-electron chi connectivity index (χ1n) is 13.2. The number of rotatable bonds is 7. The number of benzene rings is 1. The van der Waals surface area contributed by atoms with Crippen LogP contribution in [0.3, 0.4) is 0 Å². The molecular formula is C28H40ClN3O3S. The Labute approximate surface area is 221 Å². The summed E-state index contributed by atoms with van der Waals surface area (Å²) in [5.74, 6) is 0.518. The molecule has 6 nitrogen and oxygen atoms in total. The standard InChI is InChI=1S/C28H40ClN3O3S/c1-18-25(36(34,35)31-28(3,4)5)15-14-22(26(18)29)24-16-23(27(33)30-21-12-9-13-21)19(2)32(24)17-20-10-7-6-8-11-20/h14-16,20-21,31H,6-13,17H2,1-5H3,(H,30,33). The maximum atomic E-state index is 13.2. The zero-order chi connectivity index (χ0) is 26.3. The first-order chi connectivity index (χ1) is 16.9. The fourth-order valence-electron chi connectivity index (χ4n) is 5.39. The van der Waals surface area contributed by atoms with E-state index < -0.39 is 15.6 Å². The highest BCUT2D eigenvalue weighted by Crippen LogP contribution is 2.38. The van der Waals surface area contributed by atoms with Crippen LogP contribution < -0.4 is 10.0 Å². The Morgan fingerprint density at radius 2 is 1.72 bits per heavy atom. The Kier molecular flexibility index (Phi) is 7.94. The van der Waals surface area contributed by atoms with Crippen LogP contribution in [0.5, 0.6) is 0 Å². The smallest absolute Gasteiger partial charge is 0.253 e. The zero-order valence-electron chi connectivity index (χ0n) is 22.2. The molecule has 1 aromatic heterocycles. The second-order valence-electron chi connectivity index (χ2n) is 11.7. The molecule has 0 radical (unpaired) electrons. The van der Waals surface area contributed by atoms with Gasteiger partial charge in [-0.1, -0.05) is 36.9 Å². The summed E-state index contributed by atoms with van der Waals surface area (Å²) in [5.41, 5.74) is 3.14. The molecule has 0 spiro atoms. The summed E-state index contributed by atoms with van der Waals surface area (Å²) in [6, 6.07) is 5.61. The lowest BCUT2D eigenvalue weighted by Gasteiger charge is -2.26. The van der Waals surface area contributed by atoms with E-state index in [0.29, 0.717) is 22.1 Å². The summed E-state index contributed by atoms with van der Waals surface area (Å²) >= 11 is 6.88. The van der Waals surface area contributed by atoms with E-state index >= 15 is 0 Å². The lowest BCUT2D eigenvalue weighted by atomic mass is 9.89. The van der Waals surface area contributed by atoms with Crippen LogP contribution in [0.25, 0.3) is 11.3 Å². The van der Waals surface area contributed by atoms with Crippen molar-refractivity contribution >= 4 is 27.5 Å². The van der Waals surface area contributed by atoms with Gasteiger partial charge in [0.25, 0.3) is 5.91 Å². The number of carbonyl (C=O) groups excluding carboxylic acids is 1. The highest BCUT2D eigenvalue weighted by atomic mass is 35.5. The maximum absolute atomic E-state index is 13.2. The Morgan fingerprint density at radius 3 is 2.31 bits per heavy atom. The van der Waals surface area contributed by atoms with E-state index in [1.54, 1.807) is 19.1 Å². The molecule has 36 heavy (non-hydrogen) atoms. The van der Waals surface area contributed by atoms with Gasteiger partial charge in [-0.2, -0.15) is 0 Å². The summed E-state index contributed by atoms with van der Waals surface area (Å²) < 4.78 is 31.1. The maximum Gasteiger partial charge on any atom is 0.253 e. The van der Waals surface area contributed by atoms with Gasteiger partial charge in [-0.05, 0) is 90.3 Å². The van der Waals surface area contributed by atoms with Crippen LogP contribution in [-0.4, -0.2) is 30.5 Å². The quantitative estimate of drug-likeness (QED) is 0.434. The van der Waals surface area contributed by atoms with Crippen molar-refractivity contribution in [2.75, 3.05) is 0 Å². The van der Waals surface area contributed by atoms with Crippen LogP contribution in [0, 0.1) is 19.8 Å². The molecule has 0 unspecified atom stereocenters. The number of amides is 1. The number of nitrogens with one attached hydrogen (secondary N) is 2. The van der Waals surface area contributed by atoms with Crippen molar-refractivity contribution in [1.82, 2.24) is 14.6 Å². The fraction of sp³-hybridized carbons (Fsp3) is 0.607. The lowest BCUT2D eigenvalue weighted by Crippen LogP contribution is -2.40. The van der Waals surface area contributed by atoms with Gasteiger partial charge < -0.3 is 9.88 Å². The zero-order valence-corrected chi connectivity index (χ0v) is 23.8. The van der Waals surface area contributed by atoms with E-state index in [0.717, 1.165) is 42.8 Å². The van der Waals surface area contributed by atoms with Crippen LogP contribution >= 0.6 is 11.6 Å². The SMILES string of the molecule is Cc1c(S(=O)(=O)NC(C)(C)C)ccc(-c2cc(C(=O)NC3CCC3)c(C)n2CC2CCCCC2)c1Cl. The minimum absolute atomic E-state index is 0.0396. The third-order valence-corrected chi connectivity index (χ3v) is 9.95. The number of sulfonamides is 1. The first kappa shape index (κ1) is 27.2. The highest BCUT2D eigenvalue weighted by Gasteiger charge is 2.29. The molecular weight excluding hydrogens is 494 g/mol. The molecule has 198 valence electrons. The molecule has 8 heteroatoms. The Morgan fingerprint density at radius 1 is 1.06 bits per heavy atom. The average Bonchev–Trinajstić information content (AvgIpc) is 3.07. The van der Waals surface area contributed by atoms with E-state index in [1.807, 2.05) is 33.8 Å². The predicted octanol–water partition coefficient (Wildman–Crippen LogP) is 6.36. The van der Waals surface area contributed by atoms with E-state index in [4.69, 9.17) is 11.6 Å². The molecule has 2 aromatic rings. The van der Waals surface area contributed by atoms with Crippen molar-refractivity contribution in [3.8, 4) is 11.3 Å². The van der Waals surface area contributed by atoms with Crippen molar-refractivity contribution in [3.05, 3.63) is 40.0 Å². The summed E-state index contributed by atoms with van der Waals surface area (Å²) in [5, 5.41) is 3.58. The van der Waals surface area contributed by atoms with Crippen LogP contribution in [0.15, 0.2) is 23.1 Å². The van der Waals surface area contributed by atoms with Crippen LogP contribution in [0.4, 0.5) is 0 Å². The third-order valence-electron chi connectivity index (χ3n) is 7.56. The van der Waals surface area contributed by atoms with Gasteiger partial charge in [0.15, 0.2) is 0 Å². The van der Waals surface area contributed by atoms with Gasteiger partial charge in [-0.15, -0.1) is 0 Å². The molecule has 1 aromatic carbocycles. The molecule has 4 rings (SSSR count). The van der Waals surface area contributed by atoms with Gasteiger partial charge in [0.2, 0.25) is 10.0 Å². The van der Waals surface area contributed by atoms with Crippen molar-refractivity contribution in [3.63, 3.8) is 0 Å². The normalized spacial score (nSPS) is 17.7. The molecule has 1 amide bonds. The Balaban J connectivity index is 1.76. The summed E-state index contributed by atoms with van der Waals surface area (Å²) in [6.45, 7) is 10.0. The first-order valence-corrected chi connectivity index (χ1v) is 15.1. The van der Waals surface area contributed by atoms with Gasteiger partial charge in [0, 0.05) is 29.4 Å². The molecule has 0 saturated heterocycles.